The molecule has 1 atom stereocenters. The molecule has 0 saturated carbocycles. The van der Waals surface area contributed by atoms with E-state index >= 15 is 0 Å². The smallest absolute Gasteiger partial charge is 0.410 e. The van der Waals surface area contributed by atoms with Crippen LogP contribution in [0, 0.1) is 3.70 Å². The van der Waals surface area contributed by atoms with E-state index < -0.39 is 0 Å². The van der Waals surface area contributed by atoms with Crippen molar-refractivity contribution in [3.8, 4) is 0 Å². The zero-order valence-electron chi connectivity index (χ0n) is 13.8. The number of fused-ring (bicyclic) bond motifs is 1. The lowest BCUT2D eigenvalue weighted by Crippen LogP contribution is -2.29. The molecular formula is C17H16IN5O3. The summed E-state index contributed by atoms with van der Waals surface area (Å²) in [5.41, 5.74) is 1.17. The minimum Gasteiger partial charge on any atom is -0.445 e. The maximum atomic E-state index is 12.3. The van der Waals surface area contributed by atoms with E-state index in [2.05, 4.69) is 15.1 Å². The molecule has 1 N–H and O–H groups in total. The van der Waals surface area contributed by atoms with Gasteiger partial charge in [0.05, 0.1) is 0 Å². The quantitative estimate of drug-likeness (QED) is 0.599. The highest BCUT2D eigenvalue weighted by atomic mass is 127. The molecule has 8 nitrogen and oxygen atoms in total. The molecule has 9 heteroatoms. The van der Waals surface area contributed by atoms with E-state index in [-0.39, 0.29) is 24.2 Å². The molecule has 1 aliphatic heterocycles. The molecule has 2 aromatic heterocycles. The van der Waals surface area contributed by atoms with Gasteiger partial charge in [0, 0.05) is 19.0 Å². The maximum Gasteiger partial charge on any atom is 0.410 e. The fourth-order valence-electron chi connectivity index (χ4n) is 3.13. The number of likely N-dealkylation sites (tertiary alicyclic amines) is 1. The number of carbonyl (C=O) groups is 1. The first kappa shape index (κ1) is 17.0. The summed E-state index contributed by atoms with van der Waals surface area (Å²) in [7, 11) is 0. The summed E-state index contributed by atoms with van der Waals surface area (Å²) in [6.45, 7) is 1.34. The Hall–Kier alpha value is -2.43. The van der Waals surface area contributed by atoms with Crippen molar-refractivity contribution in [2.45, 2.75) is 18.9 Å². The van der Waals surface area contributed by atoms with Gasteiger partial charge in [-0.2, -0.15) is 5.10 Å². The number of hydrogen-bond donors (Lipinski definition) is 1. The van der Waals surface area contributed by atoms with Crippen molar-refractivity contribution in [3.05, 3.63) is 62.1 Å². The Bertz CT molecular complexity index is 1000. The molecule has 0 aliphatic carbocycles. The summed E-state index contributed by atoms with van der Waals surface area (Å²) in [5.74, 6) is 0.721. The number of H-pyrrole nitrogens is 1. The van der Waals surface area contributed by atoms with Gasteiger partial charge in [0.2, 0.25) is 0 Å². The van der Waals surface area contributed by atoms with Gasteiger partial charge in [0.15, 0.2) is 5.52 Å². The van der Waals surface area contributed by atoms with Crippen molar-refractivity contribution < 1.29 is 9.53 Å². The number of ether oxygens (including phenoxy) is 1. The summed E-state index contributed by atoms with van der Waals surface area (Å²) in [6, 6.07) is 9.58. The number of imidazole rings is 1. The van der Waals surface area contributed by atoms with Crippen LogP contribution in [0.2, 0.25) is 0 Å². The van der Waals surface area contributed by atoms with Crippen LogP contribution < -0.4 is 5.56 Å². The average molecular weight is 465 g/mol. The number of amides is 1. The highest BCUT2D eigenvalue weighted by Gasteiger charge is 2.32. The molecular weight excluding hydrogens is 449 g/mol. The highest BCUT2D eigenvalue weighted by molar-refractivity contribution is 14.1. The summed E-state index contributed by atoms with van der Waals surface area (Å²) in [6.07, 6.45) is 1.78. The van der Waals surface area contributed by atoms with Gasteiger partial charge in [0.25, 0.3) is 5.56 Å². The zero-order chi connectivity index (χ0) is 18.1. The number of aromatic amines is 1. The summed E-state index contributed by atoms with van der Waals surface area (Å²) in [5, 5.41) is 4.21. The van der Waals surface area contributed by atoms with Gasteiger partial charge in [-0.15, -0.1) is 0 Å². The fourth-order valence-corrected chi connectivity index (χ4v) is 3.86. The average Bonchev–Trinajstić information content (AvgIpc) is 3.26. The Balaban J connectivity index is 1.46. The van der Waals surface area contributed by atoms with E-state index in [4.69, 9.17) is 4.74 Å². The third-order valence-electron chi connectivity index (χ3n) is 4.44. The molecule has 1 aromatic carbocycles. The van der Waals surface area contributed by atoms with Crippen molar-refractivity contribution >= 4 is 34.2 Å². The third-order valence-corrected chi connectivity index (χ3v) is 5.19. The molecule has 1 fully saturated rings. The number of hydrogen-bond acceptors (Lipinski definition) is 5. The van der Waals surface area contributed by atoms with Crippen LogP contribution in [0.3, 0.4) is 0 Å². The Kier molecular flexibility index (Phi) is 4.62. The van der Waals surface area contributed by atoms with Crippen LogP contribution in [0.5, 0.6) is 0 Å². The predicted molar refractivity (Wildman–Crippen MR) is 102 cm³/mol. The molecule has 1 aliphatic rings. The summed E-state index contributed by atoms with van der Waals surface area (Å²) >= 11 is 2.03. The second-order valence-corrected chi connectivity index (χ2v) is 7.13. The molecule has 3 heterocycles. The van der Waals surface area contributed by atoms with Gasteiger partial charge in [-0.3, -0.25) is 4.79 Å². The maximum absolute atomic E-state index is 12.3. The number of nitrogens with one attached hydrogen (secondary N) is 1. The number of nitrogens with zero attached hydrogens (tertiary/aromatic N) is 4. The molecule has 3 aromatic rings. The van der Waals surface area contributed by atoms with Crippen molar-refractivity contribution in [1.82, 2.24) is 24.5 Å². The SMILES string of the molecule is O=C(OCc1ccccc1)N1CC[C@H](c2nc(I)c3c(=O)[nH]cnn23)C1. The van der Waals surface area contributed by atoms with E-state index in [9.17, 15) is 9.59 Å². The Morgan fingerprint density at radius 1 is 1.35 bits per heavy atom. The van der Waals surface area contributed by atoms with Crippen LogP contribution in [0.1, 0.15) is 23.7 Å². The molecule has 0 radical (unpaired) electrons. The van der Waals surface area contributed by atoms with Crippen molar-refractivity contribution in [2.75, 3.05) is 13.1 Å². The van der Waals surface area contributed by atoms with Crippen LogP contribution in [0.15, 0.2) is 41.5 Å². The first-order valence-corrected chi connectivity index (χ1v) is 9.29. The van der Waals surface area contributed by atoms with E-state index in [1.807, 2.05) is 52.9 Å². The Morgan fingerprint density at radius 2 is 2.15 bits per heavy atom. The van der Waals surface area contributed by atoms with Crippen LogP contribution in [0.25, 0.3) is 5.52 Å². The molecule has 26 heavy (non-hydrogen) atoms. The highest BCUT2D eigenvalue weighted by Crippen LogP contribution is 2.28. The number of aromatic nitrogens is 4. The first-order valence-electron chi connectivity index (χ1n) is 8.21. The second-order valence-electron chi connectivity index (χ2n) is 6.11. The van der Waals surface area contributed by atoms with Crippen LogP contribution in [-0.2, 0) is 11.3 Å². The van der Waals surface area contributed by atoms with Gasteiger partial charge in [-0.05, 0) is 34.6 Å². The van der Waals surface area contributed by atoms with Crippen LogP contribution >= 0.6 is 22.6 Å². The Morgan fingerprint density at radius 3 is 2.96 bits per heavy atom. The van der Waals surface area contributed by atoms with Crippen molar-refractivity contribution in [3.63, 3.8) is 0 Å². The lowest BCUT2D eigenvalue weighted by molar-refractivity contribution is 0.104. The number of benzene rings is 1. The molecule has 134 valence electrons. The standard InChI is InChI=1S/C17H16IN5O3/c18-14-13-16(24)19-10-20-23(13)15(21-14)12-6-7-22(8-12)17(25)26-9-11-4-2-1-3-5-11/h1-5,10,12H,6-9H2,(H,19,20,24)/t12-/m0/s1. The van der Waals surface area contributed by atoms with E-state index in [1.54, 1.807) is 9.42 Å². The molecule has 0 unspecified atom stereocenters. The minimum absolute atomic E-state index is 0.0181. The second kappa shape index (κ2) is 7.06. The summed E-state index contributed by atoms with van der Waals surface area (Å²) in [4.78, 5) is 33.0. The van der Waals surface area contributed by atoms with Gasteiger partial charge in [0.1, 0.15) is 22.5 Å². The Labute approximate surface area is 162 Å². The summed E-state index contributed by atoms with van der Waals surface area (Å²) < 4.78 is 7.58. The number of rotatable bonds is 3. The predicted octanol–water partition coefficient (Wildman–Crippen LogP) is 2.15. The fraction of sp³-hybridized carbons (Fsp3) is 0.294. The molecule has 1 saturated heterocycles. The molecule has 4 rings (SSSR count). The molecule has 0 bridgehead atoms. The van der Waals surface area contributed by atoms with Crippen LogP contribution in [-0.4, -0.2) is 43.7 Å². The third kappa shape index (κ3) is 3.18. The lowest BCUT2D eigenvalue weighted by Gasteiger charge is -2.16. The van der Waals surface area contributed by atoms with E-state index in [0.29, 0.717) is 28.1 Å². The van der Waals surface area contributed by atoms with Crippen molar-refractivity contribution in [2.24, 2.45) is 0 Å². The zero-order valence-corrected chi connectivity index (χ0v) is 15.9. The van der Waals surface area contributed by atoms with E-state index in [1.165, 1.54) is 6.33 Å². The van der Waals surface area contributed by atoms with Crippen molar-refractivity contribution in [1.29, 1.82) is 0 Å². The van der Waals surface area contributed by atoms with Gasteiger partial charge in [-0.1, -0.05) is 30.3 Å². The monoisotopic (exact) mass is 465 g/mol. The topological polar surface area (TPSA) is 92.6 Å². The minimum atomic E-state index is -0.335. The van der Waals surface area contributed by atoms with Crippen LogP contribution in [0.4, 0.5) is 4.79 Å². The van der Waals surface area contributed by atoms with Gasteiger partial charge in [-0.25, -0.2) is 14.3 Å². The molecule has 0 spiro atoms. The molecule has 1 amide bonds. The van der Waals surface area contributed by atoms with E-state index in [0.717, 1.165) is 12.0 Å². The van der Waals surface area contributed by atoms with Gasteiger partial charge < -0.3 is 14.6 Å². The number of carbonyl (C=O) groups excluding carboxylic acids is 1. The van der Waals surface area contributed by atoms with Gasteiger partial charge >= 0.3 is 6.09 Å². The lowest BCUT2D eigenvalue weighted by atomic mass is 10.1. The first-order chi connectivity index (χ1) is 12.6. The number of halogens is 1. The normalized spacial score (nSPS) is 17.0. The largest absolute Gasteiger partial charge is 0.445 e.